The molecule has 3 heterocycles. The average Bonchev–Trinajstić information content (AvgIpc) is 2.96. The van der Waals surface area contributed by atoms with Gasteiger partial charge in [-0.1, -0.05) is 6.07 Å². The summed E-state index contributed by atoms with van der Waals surface area (Å²) in [5, 5.41) is 7.48. The lowest BCUT2D eigenvalue weighted by Gasteiger charge is -1.98. The predicted molar refractivity (Wildman–Crippen MR) is 63.8 cm³/mol. The molecule has 6 heteroatoms. The summed E-state index contributed by atoms with van der Waals surface area (Å²) in [4.78, 5) is 11.4. The van der Waals surface area contributed by atoms with Gasteiger partial charge < -0.3 is 10.3 Å². The number of aromatic amines is 1. The monoisotopic (exact) mass is 228 g/mol. The molecule has 0 amide bonds. The zero-order chi connectivity index (χ0) is 11.5. The van der Waals surface area contributed by atoms with E-state index in [-0.39, 0.29) is 0 Å². The summed E-state index contributed by atoms with van der Waals surface area (Å²) in [5.74, 6) is 0.649. The summed E-state index contributed by atoms with van der Waals surface area (Å²) in [6.45, 7) is 0.777. The van der Waals surface area contributed by atoms with Gasteiger partial charge in [-0.2, -0.15) is 4.98 Å². The Bertz CT molecular complexity index is 564. The Morgan fingerprint density at radius 2 is 2.35 bits per heavy atom. The summed E-state index contributed by atoms with van der Waals surface area (Å²) in [6, 6.07) is 5.79. The predicted octanol–water partition coefficient (Wildman–Crippen LogP) is 1.11. The standard InChI is InChI=1S/C11H12N6/c1-2-6-17-10(3-1)15-11(16-17)13-5-4-9-7-12-8-14-9/h1-3,6-8H,4-5H2,(H,12,14)(H,13,16). The van der Waals surface area contributed by atoms with Gasteiger partial charge in [-0.3, -0.25) is 0 Å². The Balaban J connectivity index is 1.65. The molecule has 17 heavy (non-hydrogen) atoms. The first kappa shape index (κ1) is 9.83. The molecular weight excluding hydrogens is 216 g/mol. The molecule has 3 rings (SSSR count). The second kappa shape index (κ2) is 4.25. The van der Waals surface area contributed by atoms with E-state index in [1.165, 1.54) is 0 Å². The normalized spacial score (nSPS) is 10.8. The molecule has 86 valence electrons. The minimum absolute atomic E-state index is 0.649. The first-order valence-electron chi connectivity index (χ1n) is 5.44. The summed E-state index contributed by atoms with van der Waals surface area (Å²) in [6.07, 6.45) is 6.25. The number of pyridine rings is 1. The van der Waals surface area contributed by atoms with Crippen LogP contribution in [0.25, 0.3) is 5.65 Å². The zero-order valence-electron chi connectivity index (χ0n) is 9.17. The van der Waals surface area contributed by atoms with Crippen LogP contribution < -0.4 is 5.32 Å². The maximum Gasteiger partial charge on any atom is 0.243 e. The number of hydrogen-bond acceptors (Lipinski definition) is 4. The number of nitrogens with one attached hydrogen (secondary N) is 2. The van der Waals surface area contributed by atoms with Crippen molar-refractivity contribution in [2.45, 2.75) is 6.42 Å². The van der Waals surface area contributed by atoms with Crippen molar-refractivity contribution in [2.75, 3.05) is 11.9 Å². The molecule has 0 aliphatic carbocycles. The molecule has 0 radical (unpaired) electrons. The molecular formula is C11H12N6. The molecule has 0 aliphatic heterocycles. The van der Waals surface area contributed by atoms with Crippen LogP contribution in [0.4, 0.5) is 5.95 Å². The maximum atomic E-state index is 4.35. The van der Waals surface area contributed by atoms with E-state index in [1.54, 1.807) is 10.8 Å². The molecule has 0 spiro atoms. The number of rotatable bonds is 4. The summed E-state index contributed by atoms with van der Waals surface area (Å²) >= 11 is 0. The summed E-state index contributed by atoms with van der Waals surface area (Å²) in [7, 11) is 0. The van der Waals surface area contributed by atoms with Gasteiger partial charge in [0.05, 0.1) is 6.33 Å². The summed E-state index contributed by atoms with van der Waals surface area (Å²) in [5.41, 5.74) is 1.94. The Morgan fingerprint density at radius 3 is 3.18 bits per heavy atom. The van der Waals surface area contributed by atoms with Crippen molar-refractivity contribution in [1.82, 2.24) is 24.6 Å². The van der Waals surface area contributed by atoms with Crippen LogP contribution in [-0.2, 0) is 6.42 Å². The number of H-pyrrole nitrogens is 1. The second-order valence-corrected chi connectivity index (χ2v) is 3.69. The van der Waals surface area contributed by atoms with E-state index in [2.05, 4.69) is 25.4 Å². The third kappa shape index (κ3) is 2.10. The van der Waals surface area contributed by atoms with Crippen molar-refractivity contribution in [3.63, 3.8) is 0 Å². The van der Waals surface area contributed by atoms with Crippen LogP contribution >= 0.6 is 0 Å². The van der Waals surface area contributed by atoms with Crippen LogP contribution in [0.1, 0.15) is 5.69 Å². The number of hydrogen-bond donors (Lipinski definition) is 2. The third-order valence-corrected chi connectivity index (χ3v) is 2.47. The van der Waals surface area contributed by atoms with E-state index >= 15 is 0 Å². The third-order valence-electron chi connectivity index (χ3n) is 2.47. The van der Waals surface area contributed by atoms with Crippen LogP contribution in [0.3, 0.4) is 0 Å². The SMILES string of the molecule is c1ccn2nc(NCCc3cnc[nH]3)nc2c1. The minimum Gasteiger partial charge on any atom is -0.353 e. The fourth-order valence-corrected chi connectivity index (χ4v) is 1.64. The fraction of sp³-hybridized carbons (Fsp3) is 0.182. The lowest BCUT2D eigenvalue weighted by molar-refractivity contribution is 0.926. The highest BCUT2D eigenvalue weighted by molar-refractivity contribution is 5.42. The molecule has 0 aliphatic rings. The second-order valence-electron chi connectivity index (χ2n) is 3.69. The van der Waals surface area contributed by atoms with Crippen molar-refractivity contribution >= 4 is 11.6 Å². The van der Waals surface area contributed by atoms with Crippen LogP contribution in [-0.4, -0.2) is 31.1 Å². The lowest BCUT2D eigenvalue weighted by Crippen LogP contribution is -2.06. The van der Waals surface area contributed by atoms with Gasteiger partial charge in [-0.15, -0.1) is 5.10 Å². The Morgan fingerprint density at radius 1 is 1.35 bits per heavy atom. The molecule has 2 N–H and O–H groups in total. The van der Waals surface area contributed by atoms with Crippen molar-refractivity contribution in [3.05, 3.63) is 42.6 Å². The van der Waals surface area contributed by atoms with Crippen molar-refractivity contribution in [3.8, 4) is 0 Å². The Hall–Kier alpha value is -2.37. The van der Waals surface area contributed by atoms with Crippen molar-refractivity contribution in [2.24, 2.45) is 0 Å². The minimum atomic E-state index is 0.649. The van der Waals surface area contributed by atoms with Gasteiger partial charge in [0, 0.05) is 31.1 Å². The number of anilines is 1. The molecule has 3 aromatic heterocycles. The molecule has 0 bridgehead atoms. The summed E-state index contributed by atoms with van der Waals surface area (Å²) < 4.78 is 1.75. The van der Waals surface area contributed by atoms with E-state index in [4.69, 9.17) is 0 Å². The number of nitrogens with zero attached hydrogens (tertiary/aromatic N) is 4. The van der Waals surface area contributed by atoms with Gasteiger partial charge in [-0.25, -0.2) is 9.50 Å². The van der Waals surface area contributed by atoms with E-state index < -0.39 is 0 Å². The van der Waals surface area contributed by atoms with Gasteiger partial charge in [0.2, 0.25) is 5.95 Å². The van der Waals surface area contributed by atoms with Crippen LogP contribution in [0.2, 0.25) is 0 Å². The van der Waals surface area contributed by atoms with Gasteiger partial charge in [-0.05, 0) is 12.1 Å². The largest absolute Gasteiger partial charge is 0.353 e. The first-order chi connectivity index (χ1) is 8.42. The number of aromatic nitrogens is 5. The van der Waals surface area contributed by atoms with Crippen LogP contribution in [0, 0.1) is 0 Å². The smallest absolute Gasteiger partial charge is 0.243 e. The van der Waals surface area contributed by atoms with Crippen LogP contribution in [0.5, 0.6) is 0 Å². The first-order valence-corrected chi connectivity index (χ1v) is 5.44. The molecule has 0 saturated heterocycles. The molecule has 3 aromatic rings. The van der Waals surface area contributed by atoms with Gasteiger partial charge in [0.15, 0.2) is 5.65 Å². The van der Waals surface area contributed by atoms with Gasteiger partial charge in [0.25, 0.3) is 0 Å². The lowest BCUT2D eigenvalue weighted by atomic mass is 10.3. The Labute approximate surface area is 97.7 Å². The molecule has 0 atom stereocenters. The topological polar surface area (TPSA) is 70.9 Å². The quantitative estimate of drug-likeness (QED) is 0.701. The highest BCUT2D eigenvalue weighted by atomic mass is 15.3. The maximum absolute atomic E-state index is 4.35. The van der Waals surface area contributed by atoms with Crippen molar-refractivity contribution < 1.29 is 0 Å². The fourth-order valence-electron chi connectivity index (χ4n) is 1.64. The molecule has 0 fully saturated rings. The van der Waals surface area contributed by atoms with Crippen LogP contribution in [0.15, 0.2) is 36.9 Å². The molecule has 0 saturated carbocycles. The van der Waals surface area contributed by atoms with Gasteiger partial charge in [0.1, 0.15) is 0 Å². The highest BCUT2D eigenvalue weighted by Gasteiger charge is 2.01. The highest BCUT2D eigenvalue weighted by Crippen LogP contribution is 2.04. The van der Waals surface area contributed by atoms with E-state index in [0.717, 1.165) is 24.3 Å². The zero-order valence-corrected chi connectivity index (χ0v) is 9.17. The molecule has 0 unspecified atom stereocenters. The molecule has 6 nitrogen and oxygen atoms in total. The van der Waals surface area contributed by atoms with E-state index in [9.17, 15) is 0 Å². The number of imidazole rings is 1. The van der Waals surface area contributed by atoms with E-state index in [1.807, 2.05) is 30.6 Å². The van der Waals surface area contributed by atoms with Gasteiger partial charge >= 0.3 is 0 Å². The average molecular weight is 228 g/mol. The Kier molecular flexibility index (Phi) is 2.45. The van der Waals surface area contributed by atoms with Crippen molar-refractivity contribution in [1.29, 1.82) is 0 Å². The molecule has 0 aromatic carbocycles. The number of fused-ring (bicyclic) bond motifs is 1. The van der Waals surface area contributed by atoms with E-state index in [0.29, 0.717) is 5.95 Å².